The minimum atomic E-state index is -1.04. The van der Waals surface area contributed by atoms with Crippen LogP contribution in [0.4, 0.5) is 0 Å². The molecule has 1 amide bonds. The van der Waals surface area contributed by atoms with Crippen molar-refractivity contribution in [1.29, 1.82) is 0 Å². The molecule has 0 radical (unpaired) electrons. The number of aliphatic carboxylic acids is 1. The zero-order valence-electron chi connectivity index (χ0n) is 13.1. The molecule has 0 saturated carbocycles. The van der Waals surface area contributed by atoms with Gasteiger partial charge in [0.25, 0.3) is 5.91 Å². The first-order chi connectivity index (χ1) is 11.5. The Morgan fingerprint density at radius 3 is 2.71 bits per heavy atom. The predicted octanol–water partition coefficient (Wildman–Crippen LogP) is 2.60. The average Bonchev–Trinajstić information content (AvgIpc) is 2.99. The highest BCUT2D eigenvalue weighted by molar-refractivity contribution is 6.30. The van der Waals surface area contributed by atoms with Gasteiger partial charge in [0.2, 0.25) is 0 Å². The van der Waals surface area contributed by atoms with Crippen LogP contribution in [0.15, 0.2) is 30.5 Å². The van der Waals surface area contributed by atoms with Gasteiger partial charge in [-0.2, -0.15) is 5.10 Å². The zero-order valence-corrected chi connectivity index (χ0v) is 13.9. The molecular weight excluding hydrogens is 330 g/mol. The number of hydrogen-bond acceptors (Lipinski definition) is 3. The number of aryl methyl sites for hydroxylation is 1. The van der Waals surface area contributed by atoms with Gasteiger partial charge in [-0.3, -0.25) is 14.3 Å². The summed E-state index contributed by atoms with van der Waals surface area (Å²) in [6.07, 6.45) is 4.41. The summed E-state index contributed by atoms with van der Waals surface area (Å²) in [6.45, 7) is 0.664. The third kappa shape index (κ3) is 3.59. The topological polar surface area (TPSA) is 75.4 Å². The molecule has 0 aliphatic carbocycles. The maximum atomic E-state index is 12.9. The van der Waals surface area contributed by atoms with E-state index in [9.17, 15) is 9.59 Å². The second kappa shape index (κ2) is 7.05. The van der Waals surface area contributed by atoms with Crippen molar-refractivity contribution in [3.05, 3.63) is 52.3 Å². The van der Waals surface area contributed by atoms with Gasteiger partial charge < -0.3 is 10.0 Å². The molecule has 0 saturated heterocycles. The number of carbonyl (C=O) groups excluding carboxylic acids is 1. The first kappa shape index (κ1) is 16.5. The lowest BCUT2D eigenvalue weighted by molar-refractivity contribution is -0.137. The van der Waals surface area contributed by atoms with Crippen molar-refractivity contribution in [3.8, 4) is 0 Å². The van der Waals surface area contributed by atoms with Gasteiger partial charge in [0.05, 0.1) is 17.5 Å². The van der Waals surface area contributed by atoms with Gasteiger partial charge in [-0.25, -0.2) is 0 Å². The molecule has 1 aromatic carbocycles. The molecule has 6 nitrogen and oxygen atoms in total. The summed E-state index contributed by atoms with van der Waals surface area (Å²) in [7, 11) is 0. The number of carboxylic acid groups (broad SMARTS) is 1. The van der Waals surface area contributed by atoms with Gasteiger partial charge in [0.1, 0.15) is 6.54 Å². The van der Waals surface area contributed by atoms with Crippen molar-refractivity contribution in [2.45, 2.75) is 32.4 Å². The first-order valence-electron chi connectivity index (χ1n) is 7.85. The molecule has 126 valence electrons. The molecule has 7 heteroatoms. The van der Waals surface area contributed by atoms with E-state index in [-0.39, 0.29) is 19.0 Å². The van der Waals surface area contributed by atoms with Crippen molar-refractivity contribution in [2.24, 2.45) is 0 Å². The molecule has 1 aliphatic heterocycles. The van der Waals surface area contributed by atoms with E-state index in [0.717, 1.165) is 37.1 Å². The van der Waals surface area contributed by atoms with Crippen LogP contribution >= 0.6 is 11.6 Å². The summed E-state index contributed by atoms with van der Waals surface area (Å²) in [4.78, 5) is 25.4. The Labute approximate surface area is 144 Å². The normalized spacial score (nSPS) is 13.4. The van der Waals surface area contributed by atoms with Crippen LogP contribution in [0.1, 0.15) is 34.5 Å². The highest BCUT2D eigenvalue weighted by Crippen LogP contribution is 2.20. The highest BCUT2D eigenvalue weighted by atomic mass is 35.5. The molecule has 0 atom stereocenters. The fourth-order valence-corrected chi connectivity index (χ4v) is 3.07. The largest absolute Gasteiger partial charge is 0.480 e. The summed E-state index contributed by atoms with van der Waals surface area (Å²) in [5.74, 6) is -1.34. The first-order valence-corrected chi connectivity index (χ1v) is 8.22. The van der Waals surface area contributed by atoms with Crippen molar-refractivity contribution in [2.75, 3.05) is 6.54 Å². The van der Waals surface area contributed by atoms with Crippen LogP contribution in [0.2, 0.25) is 5.02 Å². The number of fused-ring (bicyclic) bond motifs is 1. The Balaban J connectivity index is 1.85. The number of rotatable bonds is 5. The van der Waals surface area contributed by atoms with E-state index in [1.165, 1.54) is 4.90 Å². The van der Waals surface area contributed by atoms with Gasteiger partial charge in [-0.1, -0.05) is 23.7 Å². The fraction of sp³-hybridized carbons (Fsp3) is 0.353. The van der Waals surface area contributed by atoms with Crippen LogP contribution in [-0.4, -0.2) is 38.2 Å². The van der Waals surface area contributed by atoms with Crippen LogP contribution in [0.5, 0.6) is 0 Å². The molecule has 1 aromatic heterocycles. The minimum Gasteiger partial charge on any atom is -0.480 e. The lowest BCUT2D eigenvalue weighted by Crippen LogP contribution is -2.35. The Morgan fingerprint density at radius 2 is 2.00 bits per heavy atom. The average molecular weight is 348 g/mol. The smallest absolute Gasteiger partial charge is 0.323 e. The Hall–Kier alpha value is -2.34. The lowest BCUT2D eigenvalue weighted by Gasteiger charge is -2.22. The van der Waals surface area contributed by atoms with Crippen LogP contribution in [0.25, 0.3) is 0 Å². The molecular formula is C17H18ClN3O3. The van der Waals surface area contributed by atoms with E-state index in [1.807, 2.05) is 4.68 Å². The predicted molar refractivity (Wildman–Crippen MR) is 89.0 cm³/mol. The number of amides is 1. The number of benzene rings is 1. The molecule has 1 N–H and O–H groups in total. The van der Waals surface area contributed by atoms with Gasteiger partial charge in [-0.15, -0.1) is 0 Å². The molecule has 0 unspecified atom stereocenters. The summed E-state index contributed by atoms with van der Waals surface area (Å²) < 4.78 is 1.85. The zero-order chi connectivity index (χ0) is 17.1. The quantitative estimate of drug-likeness (QED) is 0.902. The van der Waals surface area contributed by atoms with E-state index in [1.54, 1.807) is 30.5 Å². The maximum absolute atomic E-state index is 12.9. The number of aromatic nitrogens is 2. The number of carbonyl (C=O) groups is 2. The van der Waals surface area contributed by atoms with E-state index in [2.05, 4.69) is 5.10 Å². The fourth-order valence-electron chi connectivity index (χ4n) is 2.94. The SMILES string of the molecule is O=C(O)CN(Cc1ccc(Cl)cc1)C(=O)c1cnn2c1CCCC2. The number of nitrogens with zero attached hydrogens (tertiary/aromatic N) is 3. The molecule has 0 fully saturated rings. The van der Waals surface area contributed by atoms with Gasteiger partial charge in [0.15, 0.2) is 0 Å². The molecule has 0 spiro atoms. The number of carboxylic acids is 1. The third-order valence-corrected chi connectivity index (χ3v) is 4.36. The van der Waals surface area contributed by atoms with Gasteiger partial charge in [-0.05, 0) is 37.0 Å². The number of hydrogen-bond donors (Lipinski definition) is 1. The Bertz CT molecular complexity index is 755. The highest BCUT2D eigenvalue weighted by Gasteiger charge is 2.25. The Morgan fingerprint density at radius 1 is 1.25 bits per heavy atom. The lowest BCUT2D eigenvalue weighted by atomic mass is 10.1. The van der Waals surface area contributed by atoms with Gasteiger partial charge in [0, 0.05) is 18.1 Å². The summed E-state index contributed by atoms with van der Waals surface area (Å²) in [6, 6.07) is 7.03. The van der Waals surface area contributed by atoms with Crippen LogP contribution in [-0.2, 0) is 24.3 Å². The number of halogens is 1. The third-order valence-electron chi connectivity index (χ3n) is 4.11. The molecule has 1 aliphatic rings. The van der Waals surface area contributed by atoms with E-state index >= 15 is 0 Å². The van der Waals surface area contributed by atoms with Crippen LogP contribution in [0, 0.1) is 0 Å². The second-order valence-corrected chi connectivity index (χ2v) is 6.30. The molecule has 2 aromatic rings. The summed E-state index contributed by atoms with van der Waals surface area (Å²) in [5.41, 5.74) is 2.23. The maximum Gasteiger partial charge on any atom is 0.323 e. The van der Waals surface area contributed by atoms with Crippen molar-refractivity contribution in [3.63, 3.8) is 0 Å². The molecule has 24 heavy (non-hydrogen) atoms. The molecule has 2 heterocycles. The summed E-state index contributed by atoms with van der Waals surface area (Å²) >= 11 is 5.87. The van der Waals surface area contributed by atoms with Gasteiger partial charge >= 0.3 is 5.97 Å². The second-order valence-electron chi connectivity index (χ2n) is 5.87. The van der Waals surface area contributed by atoms with Crippen molar-refractivity contribution in [1.82, 2.24) is 14.7 Å². The van der Waals surface area contributed by atoms with Crippen LogP contribution in [0.3, 0.4) is 0 Å². The Kier molecular flexibility index (Phi) is 4.85. The monoisotopic (exact) mass is 347 g/mol. The van der Waals surface area contributed by atoms with E-state index < -0.39 is 5.97 Å². The molecule has 0 bridgehead atoms. The summed E-state index contributed by atoms with van der Waals surface area (Å²) in [5, 5.41) is 14.0. The van der Waals surface area contributed by atoms with Crippen molar-refractivity contribution < 1.29 is 14.7 Å². The minimum absolute atomic E-state index is 0.215. The van der Waals surface area contributed by atoms with E-state index in [4.69, 9.17) is 16.7 Å². The van der Waals surface area contributed by atoms with E-state index in [0.29, 0.717) is 10.6 Å². The van der Waals surface area contributed by atoms with Crippen LogP contribution < -0.4 is 0 Å². The molecule has 3 rings (SSSR count). The standard InChI is InChI=1S/C17H18ClN3O3/c18-13-6-4-12(5-7-13)10-20(11-16(22)23)17(24)14-9-19-21-8-2-1-3-15(14)21/h4-7,9H,1-3,8,10-11H2,(H,22,23). The van der Waals surface area contributed by atoms with Crippen molar-refractivity contribution >= 4 is 23.5 Å².